The Balaban J connectivity index is 3.35. The van der Waals surface area contributed by atoms with Crippen LogP contribution in [0.2, 0.25) is 0 Å². The lowest BCUT2D eigenvalue weighted by molar-refractivity contribution is -0.0327. The first-order chi connectivity index (χ1) is 6.33. The molecule has 14 heavy (non-hydrogen) atoms. The average molecular weight is 249 g/mol. The Morgan fingerprint density at radius 2 is 2.07 bits per heavy atom. The SMILES string of the molecule is CC(CNCCSC(F)(F)F)S(C)=O. The molecular formula is C7H14F3NOS2. The van der Waals surface area contributed by atoms with E-state index >= 15 is 0 Å². The number of nitrogens with one attached hydrogen (secondary N) is 1. The molecule has 0 bridgehead atoms. The van der Waals surface area contributed by atoms with Crippen LogP contribution < -0.4 is 5.32 Å². The summed E-state index contributed by atoms with van der Waals surface area (Å²) in [5.41, 5.74) is -4.15. The van der Waals surface area contributed by atoms with Gasteiger partial charge in [0.25, 0.3) is 0 Å². The Hall–Kier alpha value is 0.250. The fourth-order valence-corrected chi connectivity index (χ4v) is 1.49. The molecule has 0 aliphatic heterocycles. The van der Waals surface area contributed by atoms with E-state index in [2.05, 4.69) is 5.32 Å². The molecule has 2 nitrogen and oxygen atoms in total. The molecule has 0 fully saturated rings. The number of alkyl halides is 3. The topological polar surface area (TPSA) is 29.1 Å². The number of thioether (sulfide) groups is 1. The first-order valence-electron chi connectivity index (χ1n) is 4.06. The Kier molecular flexibility index (Phi) is 6.80. The minimum absolute atomic E-state index is 0.00737. The minimum atomic E-state index is -4.15. The van der Waals surface area contributed by atoms with Crippen molar-refractivity contribution < 1.29 is 17.4 Å². The van der Waals surface area contributed by atoms with Crippen LogP contribution in [0.4, 0.5) is 13.2 Å². The van der Waals surface area contributed by atoms with Crippen LogP contribution in [0.5, 0.6) is 0 Å². The zero-order valence-corrected chi connectivity index (χ0v) is 9.69. The van der Waals surface area contributed by atoms with Crippen LogP contribution in [0.3, 0.4) is 0 Å². The molecule has 0 saturated heterocycles. The van der Waals surface area contributed by atoms with Gasteiger partial charge in [-0.05, 0) is 18.7 Å². The van der Waals surface area contributed by atoms with Crippen LogP contribution in [0.25, 0.3) is 0 Å². The first-order valence-corrected chi connectivity index (χ1v) is 6.67. The van der Waals surface area contributed by atoms with E-state index in [0.717, 1.165) is 0 Å². The maximum Gasteiger partial charge on any atom is 0.441 e. The second kappa shape index (κ2) is 6.68. The lowest BCUT2D eigenvalue weighted by atomic mass is 10.5. The fourth-order valence-electron chi connectivity index (χ4n) is 0.662. The number of hydrogen-bond donors (Lipinski definition) is 1. The predicted molar refractivity (Wildman–Crippen MR) is 54.9 cm³/mol. The highest BCUT2D eigenvalue weighted by Gasteiger charge is 2.27. The van der Waals surface area contributed by atoms with Crippen LogP contribution in [-0.4, -0.2) is 40.1 Å². The van der Waals surface area contributed by atoms with Gasteiger partial charge in [0.1, 0.15) is 0 Å². The molecule has 0 aromatic heterocycles. The van der Waals surface area contributed by atoms with E-state index in [-0.39, 0.29) is 29.3 Å². The molecule has 0 saturated carbocycles. The van der Waals surface area contributed by atoms with Gasteiger partial charge >= 0.3 is 5.51 Å². The minimum Gasteiger partial charge on any atom is -0.315 e. The molecule has 0 spiro atoms. The van der Waals surface area contributed by atoms with Crippen molar-refractivity contribution in [3.63, 3.8) is 0 Å². The number of halogens is 3. The van der Waals surface area contributed by atoms with Crippen LogP contribution >= 0.6 is 11.8 Å². The van der Waals surface area contributed by atoms with E-state index < -0.39 is 16.3 Å². The van der Waals surface area contributed by atoms with Crippen molar-refractivity contribution in [2.45, 2.75) is 17.7 Å². The summed E-state index contributed by atoms with van der Waals surface area (Å²) in [6.07, 6.45) is 1.58. The molecule has 86 valence electrons. The summed E-state index contributed by atoms with van der Waals surface area (Å²) >= 11 is -0.0447. The third-order valence-corrected chi connectivity index (χ3v) is 3.58. The highest BCUT2D eigenvalue weighted by atomic mass is 32.2. The maximum atomic E-state index is 11.7. The quantitative estimate of drug-likeness (QED) is 0.725. The smallest absolute Gasteiger partial charge is 0.315 e. The molecule has 1 N–H and O–H groups in total. The van der Waals surface area contributed by atoms with Gasteiger partial charge in [-0.3, -0.25) is 4.21 Å². The van der Waals surface area contributed by atoms with Gasteiger partial charge in [0.05, 0.1) is 0 Å². The van der Waals surface area contributed by atoms with Crippen molar-refractivity contribution in [1.82, 2.24) is 5.32 Å². The summed E-state index contributed by atoms with van der Waals surface area (Å²) in [5, 5.41) is 2.80. The molecule has 2 unspecified atom stereocenters. The van der Waals surface area contributed by atoms with Crippen molar-refractivity contribution in [3.8, 4) is 0 Å². The number of hydrogen-bond acceptors (Lipinski definition) is 3. The summed E-state index contributed by atoms with van der Waals surface area (Å²) in [5.74, 6) is -0.00737. The van der Waals surface area contributed by atoms with E-state index in [1.165, 1.54) is 0 Å². The summed E-state index contributed by atoms with van der Waals surface area (Å²) in [6.45, 7) is 2.56. The molecule has 7 heteroatoms. The van der Waals surface area contributed by atoms with Gasteiger partial charge < -0.3 is 5.32 Å². The van der Waals surface area contributed by atoms with E-state index in [4.69, 9.17) is 0 Å². The van der Waals surface area contributed by atoms with E-state index in [0.29, 0.717) is 6.54 Å². The molecule has 0 amide bonds. The van der Waals surface area contributed by atoms with Gasteiger partial charge in [0.15, 0.2) is 0 Å². The third-order valence-electron chi connectivity index (χ3n) is 1.54. The Morgan fingerprint density at radius 1 is 1.50 bits per heavy atom. The van der Waals surface area contributed by atoms with Gasteiger partial charge in [-0.2, -0.15) is 13.2 Å². The zero-order valence-electron chi connectivity index (χ0n) is 8.06. The Morgan fingerprint density at radius 3 is 2.50 bits per heavy atom. The van der Waals surface area contributed by atoms with E-state index in [1.807, 2.05) is 0 Å². The summed E-state index contributed by atoms with van der Waals surface area (Å²) in [6, 6.07) is 0. The van der Waals surface area contributed by atoms with Gasteiger partial charge in [0.2, 0.25) is 0 Å². The highest BCUT2D eigenvalue weighted by Crippen LogP contribution is 2.29. The lowest BCUT2D eigenvalue weighted by Gasteiger charge is -2.10. The fraction of sp³-hybridized carbons (Fsp3) is 1.00. The third kappa shape index (κ3) is 8.83. The summed E-state index contributed by atoms with van der Waals surface area (Å²) in [7, 11) is -0.924. The van der Waals surface area contributed by atoms with Gasteiger partial charge in [-0.25, -0.2) is 0 Å². The van der Waals surface area contributed by atoms with Crippen molar-refractivity contribution in [2.75, 3.05) is 25.1 Å². The summed E-state index contributed by atoms with van der Waals surface area (Å²) < 4.78 is 45.8. The maximum absolute atomic E-state index is 11.7. The zero-order chi connectivity index (χ0) is 11.2. The molecule has 0 aliphatic carbocycles. The van der Waals surface area contributed by atoms with Crippen molar-refractivity contribution >= 4 is 22.6 Å². The Bertz CT molecular complexity index is 186. The van der Waals surface area contributed by atoms with Crippen molar-refractivity contribution in [1.29, 1.82) is 0 Å². The molecule has 0 radical (unpaired) electrons. The molecule has 0 aromatic rings. The molecular weight excluding hydrogens is 235 g/mol. The van der Waals surface area contributed by atoms with Crippen molar-refractivity contribution in [2.24, 2.45) is 0 Å². The standard InChI is InChI=1S/C7H14F3NOS2/c1-6(14(2)12)5-11-3-4-13-7(8,9)10/h6,11H,3-5H2,1-2H3. The second-order valence-electron chi connectivity index (χ2n) is 2.81. The van der Waals surface area contributed by atoms with Crippen LogP contribution in [0, 0.1) is 0 Å². The lowest BCUT2D eigenvalue weighted by Crippen LogP contribution is -2.29. The van der Waals surface area contributed by atoms with Crippen LogP contribution in [0.1, 0.15) is 6.92 Å². The van der Waals surface area contributed by atoms with Crippen LogP contribution in [0.15, 0.2) is 0 Å². The monoisotopic (exact) mass is 249 g/mol. The van der Waals surface area contributed by atoms with Crippen LogP contribution in [-0.2, 0) is 10.8 Å². The summed E-state index contributed by atoms with van der Waals surface area (Å²) in [4.78, 5) is 0. The molecule has 2 atom stereocenters. The molecule has 0 aliphatic rings. The van der Waals surface area contributed by atoms with Gasteiger partial charge in [0, 0.05) is 41.1 Å². The average Bonchev–Trinajstić information content (AvgIpc) is 2.01. The van der Waals surface area contributed by atoms with Gasteiger partial charge in [-0.15, -0.1) is 0 Å². The highest BCUT2D eigenvalue weighted by molar-refractivity contribution is 8.00. The number of rotatable bonds is 6. The van der Waals surface area contributed by atoms with E-state index in [9.17, 15) is 17.4 Å². The van der Waals surface area contributed by atoms with E-state index in [1.54, 1.807) is 13.2 Å². The molecule has 0 heterocycles. The largest absolute Gasteiger partial charge is 0.441 e. The normalized spacial score (nSPS) is 16.6. The second-order valence-corrected chi connectivity index (χ2v) is 5.77. The first kappa shape index (κ1) is 14.2. The molecule has 0 rings (SSSR count). The van der Waals surface area contributed by atoms with Gasteiger partial charge in [-0.1, -0.05) is 0 Å². The van der Waals surface area contributed by atoms with Crippen molar-refractivity contribution in [3.05, 3.63) is 0 Å². The molecule has 0 aromatic carbocycles. The Labute approximate surface area is 88.5 Å². The predicted octanol–water partition coefficient (Wildman–Crippen LogP) is 1.60.